The fourth-order valence-corrected chi connectivity index (χ4v) is 6.37. The van der Waals surface area contributed by atoms with Gasteiger partial charge < -0.3 is 20.1 Å². The number of amides is 3. The van der Waals surface area contributed by atoms with E-state index in [9.17, 15) is 24.3 Å². The summed E-state index contributed by atoms with van der Waals surface area (Å²) in [5.74, 6) is -1.99. The summed E-state index contributed by atoms with van der Waals surface area (Å²) in [5, 5.41) is 15.3. The van der Waals surface area contributed by atoms with Crippen molar-refractivity contribution in [2.45, 2.75) is 96.6 Å². The average molecular weight is 620 g/mol. The Bertz CT molecular complexity index is 1480. The molecule has 242 valence electrons. The molecule has 2 aromatic rings. The molecular formula is C34H45N5O6. The maximum atomic E-state index is 13.9. The Balaban J connectivity index is 1.55. The van der Waals surface area contributed by atoms with Crippen molar-refractivity contribution in [1.82, 2.24) is 25.6 Å². The molecule has 11 heteroatoms. The molecule has 1 aromatic carbocycles. The second-order valence-corrected chi connectivity index (χ2v) is 13.1. The number of aliphatic hydroxyl groups excluding tert-OH is 1. The van der Waals surface area contributed by atoms with Crippen molar-refractivity contribution in [3.63, 3.8) is 0 Å². The third-order valence-corrected chi connectivity index (χ3v) is 9.52. The average Bonchev–Trinajstić information content (AvgIpc) is 3.04. The molecule has 1 aromatic heterocycles. The molecule has 3 N–H and O–H groups in total. The lowest BCUT2D eigenvalue weighted by molar-refractivity contribution is -0.168. The number of nitrogens with one attached hydrogen (secondary N) is 2. The lowest BCUT2D eigenvalue weighted by Crippen LogP contribution is -2.61. The lowest BCUT2D eigenvalue weighted by Gasteiger charge is -2.37. The van der Waals surface area contributed by atoms with E-state index in [0.29, 0.717) is 45.1 Å². The first-order valence-electron chi connectivity index (χ1n) is 16.0. The fraction of sp³-hybridized carbons (Fsp3) is 0.559. The van der Waals surface area contributed by atoms with Crippen molar-refractivity contribution in [3.8, 4) is 0 Å². The number of rotatable bonds is 1. The minimum absolute atomic E-state index is 0.157. The zero-order valence-electron chi connectivity index (χ0n) is 26.8. The summed E-state index contributed by atoms with van der Waals surface area (Å²) in [4.78, 5) is 60.9. The molecule has 5 rings (SSSR count). The summed E-state index contributed by atoms with van der Waals surface area (Å²) in [7, 11) is 1.74. The molecule has 1 spiro atoms. The quantitative estimate of drug-likeness (QED) is 0.413. The number of fused-ring (bicyclic) bond motifs is 4. The molecule has 2 fully saturated rings. The van der Waals surface area contributed by atoms with Gasteiger partial charge in [0.1, 0.15) is 12.1 Å². The SMILES string of the molecule is CC(C)[C@@H]1OC(=O)[C@]2(/C=C/c3ccc4ccc(nc4c3)[C@@H](C)N(C)C(=O)C3CCCN(N3)C(=O)[C@H](C)NC1=O)CC[C@H](O)CC2. The Labute approximate surface area is 264 Å². The van der Waals surface area contributed by atoms with Crippen LogP contribution in [-0.4, -0.2) is 81.6 Å². The van der Waals surface area contributed by atoms with Crippen molar-refractivity contribution in [3.05, 3.63) is 47.7 Å². The molecule has 2 aliphatic heterocycles. The molecule has 45 heavy (non-hydrogen) atoms. The maximum absolute atomic E-state index is 13.9. The largest absolute Gasteiger partial charge is 0.451 e. The number of hydrogen-bond acceptors (Lipinski definition) is 8. The van der Waals surface area contributed by atoms with Gasteiger partial charge in [-0.25, -0.2) is 5.43 Å². The van der Waals surface area contributed by atoms with Crippen LogP contribution in [0.25, 0.3) is 17.0 Å². The van der Waals surface area contributed by atoms with Gasteiger partial charge in [0, 0.05) is 19.0 Å². The maximum Gasteiger partial charge on any atom is 0.316 e. The Morgan fingerprint density at radius 1 is 1.02 bits per heavy atom. The van der Waals surface area contributed by atoms with Gasteiger partial charge in [0.15, 0.2) is 6.10 Å². The van der Waals surface area contributed by atoms with Gasteiger partial charge in [-0.1, -0.05) is 44.2 Å². The zero-order chi connectivity index (χ0) is 32.5. The van der Waals surface area contributed by atoms with E-state index in [2.05, 4.69) is 10.7 Å². The second kappa shape index (κ2) is 13.3. The molecule has 4 atom stereocenters. The smallest absolute Gasteiger partial charge is 0.316 e. The summed E-state index contributed by atoms with van der Waals surface area (Å²) in [6.45, 7) is 7.47. The molecule has 5 bridgehead atoms. The van der Waals surface area contributed by atoms with Crippen LogP contribution in [-0.2, 0) is 23.9 Å². The molecular weight excluding hydrogens is 574 g/mol. The van der Waals surface area contributed by atoms with E-state index < -0.39 is 41.6 Å². The molecule has 1 saturated heterocycles. The lowest BCUT2D eigenvalue weighted by atomic mass is 9.72. The topological polar surface area (TPSA) is 141 Å². The molecule has 3 heterocycles. The minimum Gasteiger partial charge on any atom is -0.451 e. The highest BCUT2D eigenvalue weighted by Crippen LogP contribution is 2.40. The molecule has 3 amide bonds. The van der Waals surface area contributed by atoms with Crippen LogP contribution in [0.2, 0.25) is 0 Å². The van der Waals surface area contributed by atoms with Gasteiger partial charge in [-0.05, 0) is 76.0 Å². The predicted molar refractivity (Wildman–Crippen MR) is 169 cm³/mol. The predicted octanol–water partition coefficient (Wildman–Crippen LogP) is 3.27. The van der Waals surface area contributed by atoms with Crippen LogP contribution in [0.1, 0.15) is 83.5 Å². The Morgan fingerprint density at radius 2 is 1.73 bits per heavy atom. The first-order valence-corrected chi connectivity index (χ1v) is 16.0. The number of esters is 1. The summed E-state index contributed by atoms with van der Waals surface area (Å²) >= 11 is 0. The van der Waals surface area contributed by atoms with Gasteiger partial charge in [0.05, 0.1) is 28.8 Å². The molecule has 0 radical (unpaired) electrons. The number of carbonyl (C=O) groups is 4. The second-order valence-electron chi connectivity index (χ2n) is 13.1. The number of hydrogen-bond donors (Lipinski definition) is 3. The number of likely N-dealkylation sites (N-methyl/N-ethyl adjacent to an activating group) is 1. The van der Waals surface area contributed by atoms with E-state index in [0.717, 1.165) is 22.2 Å². The van der Waals surface area contributed by atoms with Crippen LogP contribution in [0.4, 0.5) is 0 Å². The Morgan fingerprint density at radius 3 is 2.44 bits per heavy atom. The number of hydrazine groups is 1. The van der Waals surface area contributed by atoms with Gasteiger partial charge >= 0.3 is 5.97 Å². The number of pyridine rings is 1. The van der Waals surface area contributed by atoms with Gasteiger partial charge in [-0.15, -0.1) is 0 Å². The van der Waals surface area contributed by atoms with E-state index in [1.165, 1.54) is 5.01 Å². The number of cyclic esters (lactones) is 1. The summed E-state index contributed by atoms with van der Waals surface area (Å²) in [6.07, 6.45) is 4.87. The van der Waals surface area contributed by atoms with Crippen LogP contribution in [0.5, 0.6) is 0 Å². The van der Waals surface area contributed by atoms with Crippen molar-refractivity contribution in [2.75, 3.05) is 13.6 Å². The van der Waals surface area contributed by atoms with E-state index >= 15 is 0 Å². The van der Waals surface area contributed by atoms with E-state index in [4.69, 9.17) is 9.72 Å². The standard InChI is InChI=1S/C34H45N5O6/c1-20(2)29-30(41)35-21(3)31(42)39-18-6-7-27(37-39)32(43)38(5)22(4)26-11-10-24-9-8-23(19-28(24)36-26)12-15-34(33(44)45-29)16-13-25(40)14-17-34/h8-12,15,19-22,25,27,29,37,40H,6-7,13-14,16-18H2,1-5H3,(H,35,41)/b15-12+/t21-,22+,25-,27?,29-,34+/m0/s1. The first-order chi connectivity index (χ1) is 21.4. The summed E-state index contributed by atoms with van der Waals surface area (Å²) < 4.78 is 5.95. The summed E-state index contributed by atoms with van der Waals surface area (Å²) in [5.41, 5.74) is 4.37. The highest BCUT2D eigenvalue weighted by atomic mass is 16.5. The molecule has 1 saturated carbocycles. The highest BCUT2D eigenvalue weighted by Gasteiger charge is 2.43. The fourth-order valence-electron chi connectivity index (χ4n) is 6.37. The van der Waals surface area contributed by atoms with E-state index in [1.54, 1.807) is 32.7 Å². The number of aliphatic hydroxyl groups is 1. The number of ether oxygens (including phenoxy) is 1. The van der Waals surface area contributed by atoms with Crippen LogP contribution in [0, 0.1) is 11.3 Å². The molecule has 3 aliphatic rings. The zero-order valence-corrected chi connectivity index (χ0v) is 26.8. The monoisotopic (exact) mass is 619 g/mol. The molecule has 1 unspecified atom stereocenters. The minimum atomic E-state index is -1.12. The van der Waals surface area contributed by atoms with Gasteiger partial charge in [0.25, 0.3) is 11.8 Å². The molecule has 1 aliphatic carbocycles. The van der Waals surface area contributed by atoms with Crippen molar-refractivity contribution >= 4 is 40.7 Å². The van der Waals surface area contributed by atoms with Crippen molar-refractivity contribution in [1.29, 1.82) is 0 Å². The third kappa shape index (κ3) is 6.89. The van der Waals surface area contributed by atoms with Crippen LogP contribution < -0.4 is 10.7 Å². The Hall–Kier alpha value is -3.83. The number of nitrogens with zero attached hydrogens (tertiary/aromatic N) is 3. The van der Waals surface area contributed by atoms with E-state index in [1.807, 2.05) is 49.4 Å². The van der Waals surface area contributed by atoms with Gasteiger partial charge in [-0.2, -0.15) is 0 Å². The van der Waals surface area contributed by atoms with E-state index in [-0.39, 0.29) is 23.8 Å². The highest BCUT2D eigenvalue weighted by molar-refractivity contribution is 5.92. The van der Waals surface area contributed by atoms with Crippen molar-refractivity contribution in [2.24, 2.45) is 11.3 Å². The van der Waals surface area contributed by atoms with Gasteiger partial charge in [-0.3, -0.25) is 29.2 Å². The Kier molecular flexibility index (Phi) is 9.60. The third-order valence-electron chi connectivity index (χ3n) is 9.52. The summed E-state index contributed by atoms with van der Waals surface area (Å²) in [6, 6.07) is 7.89. The van der Waals surface area contributed by atoms with Gasteiger partial charge in [0.2, 0.25) is 5.91 Å². The number of aromatic nitrogens is 1. The first kappa shape index (κ1) is 32.6. The molecule has 11 nitrogen and oxygen atoms in total. The number of benzene rings is 1. The van der Waals surface area contributed by atoms with Crippen LogP contribution >= 0.6 is 0 Å². The normalized spacial score (nSPS) is 31.3. The van der Waals surface area contributed by atoms with Crippen LogP contribution in [0.3, 0.4) is 0 Å². The van der Waals surface area contributed by atoms with Crippen LogP contribution in [0.15, 0.2) is 36.4 Å². The number of carbonyl (C=O) groups excluding carboxylic acids is 4. The van der Waals surface area contributed by atoms with Crippen molar-refractivity contribution < 1.29 is 29.0 Å².